The van der Waals surface area contributed by atoms with Crippen LogP contribution < -0.4 is 4.90 Å². The Morgan fingerprint density at radius 2 is 0.982 bits per heavy atom. The van der Waals surface area contributed by atoms with Gasteiger partial charge in [0, 0.05) is 38.2 Å². The first-order chi connectivity index (χ1) is 27.3. The van der Waals surface area contributed by atoms with Crippen LogP contribution in [0.2, 0.25) is 0 Å². The van der Waals surface area contributed by atoms with Crippen molar-refractivity contribution in [1.29, 1.82) is 0 Å². The van der Waals surface area contributed by atoms with E-state index < -0.39 is 0 Å². The molecule has 0 N–H and O–H groups in total. The summed E-state index contributed by atoms with van der Waals surface area (Å²) in [4.78, 5) is 2.40. The molecule has 258 valence electrons. The third-order valence-electron chi connectivity index (χ3n) is 11.0. The van der Waals surface area contributed by atoms with Crippen LogP contribution >= 0.6 is 11.3 Å². The lowest BCUT2D eigenvalue weighted by Gasteiger charge is -2.27. The Hall–Kier alpha value is -6.94. The van der Waals surface area contributed by atoms with Gasteiger partial charge >= 0.3 is 0 Å². The number of para-hydroxylation sites is 2. The first-order valence-corrected chi connectivity index (χ1v) is 19.6. The average Bonchev–Trinajstić information content (AvgIpc) is 3.80. The van der Waals surface area contributed by atoms with Crippen LogP contribution in [-0.2, 0) is 0 Å². The average molecular weight is 719 g/mol. The highest BCUT2D eigenvalue weighted by Crippen LogP contribution is 2.46. The Morgan fingerprint density at radius 1 is 0.364 bits per heavy atom. The Kier molecular flexibility index (Phi) is 7.39. The molecule has 0 saturated heterocycles. The summed E-state index contributed by atoms with van der Waals surface area (Å²) in [5.41, 5.74) is 11.9. The van der Waals surface area contributed by atoms with Gasteiger partial charge in [-0.05, 0) is 98.4 Å². The summed E-state index contributed by atoms with van der Waals surface area (Å²) in [6.07, 6.45) is 0. The summed E-state index contributed by atoms with van der Waals surface area (Å²) in [6, 6.07) is 75.0. The fourth-order valence-electron chi connectivity index (χ4n) is 8.40. The summed E-state index contributed by atoms with van der Waals surface area (Å²) in [6.45, 7) is 0. The molecular weight excluding hydrogens is 685 g/mol. The van der Waals surface area contributed by atoms with E-state index in [0.29, 0.717) is 0 Å². The van der Waals surface area contributed by atoms with E-state index in [1.165, 1.54) is 80.7 Å². The van der Waals surface area contributed by atoms with Crippen LogP contribution in [0.5, 0.6) is 0 Å². The summed E-state index contributed by atoms with van der Waals surface area (Å²) < 4.78 is 5.06. The quantitative estimate of drug-likeness (QED) is 0.155. The van der Waals surface area contributed by atoms with E-state index in [-0.39, 0.29) is 0 Å². The summed E-state index contributed by atoms with van der Waals surface area (Å²) in [5.74, 6) is 0. The topological polar surface area (TPSA) is 8.17 Å². The lowest BCUT2D eigenvalue weighted by molar-refractivity contribution is 1.19. The zero-order chi connectivity index (χ0) is 36.3. The minimum atomic E-state index is 1.11. The minimum absolute atomic E-state index is 1.11. The first kappa shape index (κ1) is 31.6. The molecule has 0 spiro atoms. The van der Waals surface area contributed by atoms with Crippen molar-refractivity contribution in [3.8, 4) is 27.9 Å². The van der Waals surface area contributed by atoms with E-state index in [9.17, 15) is 0 Å². The number of aromatic nitrogens is 1. The van der Waals surface area contributed by atoms with Crippen molar-refractivity contribution in [2.45, 2.75) is 0 Å². The van der Waals surface area contributed by atoms with Crippen molar-refractivity contribution < 1.29 is 0 Å². The molecule has 0 bridgehead atoms. The maximum Gasteiger partial charge on any atom is 0.0727 e. The predicted octanol–water partition coefficient (Wildman–Crippen LogP) is 15.1. The van der Waals surface area contributed by atoms with Crippen molar-refractivity contribution >= 4 is 81.1 Å². The number of benzene rings is 9. The number of anilines is 3. The molecule has 11 aromatic rings. The first-order valence-electron chi connectivity index (χ1n) is 18.8. The predicted molar refractivity (Wildman–Crippen MR) is 237 cm³/mol. The molecule has 0 aliphatic carbocycles. The Labute approximate surface area is 323 Å². The zero-order valence-electron chi connectivity index (χ0n) is 29.9. The molecule has 0 fully saturated rings. The van der Waals surface area contributed by atoms with Crippen LogP contribution in [0.25, 0.3) is 80.7 Å². The van der Waals surface area contributed by atoms with Crippen molar-refractivity contribution in [3.05, 3.63) is 206 Å². The highest BCUT2D eigenvalue weighted by molar-refractivity contribution is 7.27. The molecule has 0 atom stereocenters. The van der Waals surface area contributed by atoms with Gasteiger partial charge < -0.3 is 9.47 Å². The molecule has 55 heavy (non-hydrogen) atoms. The van der Waals surface area contributed by atoms with Crippen molar-refractivity contribution in [1.82, 2.24) is 4.57 Å². The highest BCUT2D eigenvalue weighted by Gasteiger charge is 2.21. The molecule has 2 heterocycles. The number of rotatable bonds is 6. The van der Waals surface area contributed by atoms with Gasteiger partial charge in [-0.1, -0.05) is 152 Å². The lowest BCUT2D eigenvalue weighted by atomic mass is 10.00. The molecule has 2 nitrogen and oxygen atoms in total. The highest BCUT2D eigenvalue weighted by atomic mass is 32.1. The van der Waals surface area contributed by atoms with E-state index in [0.717, 1.165) is 17.1 Å². The van der Waals surface area contributed by atoms with Crippen LogP contribution in [0.3, 0.4) is 0 Å². The van der Waals surface area contributed by atoms with Gasteiger partial charge in [-0.25, -0.2) is 0 Å². The van der Waals surface area contributed by atoms with Gasteiger partial charge in [0.1, 0.15) is 0 Å². The largest absolute Gasteiger partial charge is 0.310 e. The fourth-order valence-corrected chi connectivity index (χ4v) is 9.75. The molecular formula is C52H34N2S. The van der Waals surface area contributed by atoms with Crippen molar-refractivity contribution in [2.75, 3.05) is 4.90 Å². The minimum Gasteiger partial charge on any atom is -0.310 e. The molecule has 2 aromatic heterocycles. The van der Waals surface area contributed by atoms with Gasteiger partial charge in [-0.15, -0.1) is 11.3 Å². The van der Waals surface area contributed by atoms with Crippen LogP contribution in [0.4, 0.5) is 17.1 Å². The monoisotopic (exact) mass is 718 g/mol. The second kappa shape index (κ2) is 12.9. The maximum absolute atomic E-state index is 2.44. The Morgan fingerprint density at radius 3 is 1.84 bits per heavy atom. The summed E-state index contributed by atoms with van der Waals surface area (Å²) >= 11 is 1.90. The van der Waals surface area contributed by atoms with Gasteiger partial charge in [0.2, 0.25) is 0 Å². The van der Waals surface area contributed by atoms with E-state index in [4.69, 9.17) is 0 Å². The smallest absolute Gasteiger partial charge is 0.0727 e. The SMILES string of the molecule is c1ccc(-c2ccc(N(c3cccc(-c4cccc5c4sc4c6ccccc6n(-c6ccccc6)c54)c3)c3ccc4c(ccc5ccccc54)c3)cc2)cc1. The number of thiophene rings is 1. The van der Waals surface area contributed by atoms with E-state index in [2.05, 4.69) is 216 Å². The van der Waals surface area contributed by atoms with Gasteiger partial charge in [-0.2, -0.15) is 0 Å². The molecule has 0 unspecified atom stereocenters. The van der Waals surface area contributed by atoms with E-state index in [1.54, 1.807) is 0 Å². The maximum atomic E-state index is 2.44. The summed E-state index contributed by atoms with van der Waals surface area (Å²) in [7, 11) is 0. The third kappa shape index (κ3) is 5.24. The second-order valence-electron chi connectivity index (χ2n) is 14.1. The zero-order valence-corrected chi connectivity index (χ0v) is 30.7. The summed E-state index contributed by atoms with van der Waals surface area (Å²) in [5, 5.41) is 7.58. The van der Waals surface area contributed by atoms with Crippen LogP contribution in [-0.4, -0.2) is 4.57 Å². The molecule has 0 saturated carbocycles. The van der Waals surface area contributed by atoms with Gasteiger partial charge in [0.15, 0.2) is 0 Å². The molecule has 0 aliphatic heterocycles. The number of fused-ring (bicyclic) bond motifs is 8. The molecule has 0 radical (unpaired) electrons. The standard InChI is InChI=1S/C52H34N2S/c1-3-13-35(14-4-1)36-27-29-41(30-28-36)53(43-31-32-45-39(34-43)26-25-37-15-7-8-20-44(37)45)42-19-11-16-38(33-42)46-22-12-23-48-50-52(55-51(46)48)47-21-9-10-24-49(47)54(50)40-17-5-2-6-18-40/h1-34H. The Bertz CT molecular complexity index is 3190. The fraction of sp³-hybridized carbons (Fsp3) is 0. The number of hydrogen-bond acceptors (Lipinski definition) is 2. The second-order valence-corrected chi connectivity index (χ2v) is 15.2. The molecule has 3 heteroatoms. The van der Waals surface area contributed by atoms with Crippen LogP contribution in [0.15, 0.2) is 206 Å². The number of hydrogen-bond donors (Lipinski definition) is 0. The third-order valence-corrected chi connectivity index (χ3v) is 12.2. The normalized spacial score (nSPS) is 11.6. The molecule has 9 aromatic carbocycles. The van der Waals surface area contributed by atoms with Gasteiger partial charge in [-0.3, -0.25) is 0 Å². The van der Waals surface area contributed by atoms with Crippen LogP contribution in [0.1, 0.15) is 0 Å². The molecule has 11 rings (SSSR count). The van der Waals surface area contributed by atoms with Gasteiger partial charge in [0.05, 0.1) is 15.7 Å². The number of nitrogens with zero attached hydrogens (tertiary/aromatic N) is 2. The lowest BCUT2D eigenvalue weighted by Crippen LogP contribution is -2.10. The van der Waals surface area contributed by atoms with Crippen molar-refractivity contribution in [3.63, 3.8) is 0 Å². The Balaban J connectivity index is 1.09. The van der Waals surface area contributed by atoms with Crippen molar-refractivity contribution in [2.24, 2.45) is 0 Å². The van der Waals surface area contributed by atoms with E-state index >= 15 is 0 Å². The molecule has 0 aliphatic rings. The molecule has 0 amide bonds. The van der Waals surface area contributed by atoms with Crippen LogP contribution in [0, 0.1) is 0 Å². The van der Waals surface area contributed by atoms with Gasteiger partial charge in [0.25, 0.3) is 0 Å². The van der Waals surface area contributed by atoms with E-state index in [1.807, 2.05) is 11.3 Å².